The number of carbonyl (C=O) groups excluding carboxylic acids is 2. The lowest BCUT2D eigenvalue weighted by molar-refractivity contribution is -0.124. The molecule has 1 aliphatic heterocycles. The normalized spacial score (nSPS) is 16.4. The van der Waals surface area contributed by atoms with Crippen molar-refractivity contribution >= 4 is 17.5 Å². The lowest BCUT2D eigenvalue weighted by atomic mass is 9.90. The monoisotopic (exact) mass is 318 g/mol. The molecule has 1 aromatic rings. The Kier molecular flexibility index (Phi) is 5.90. The molecule has 124 valence electrons. The van der Waals surface area contributed by atoms with Crippen LogP contribution in [-0.4, -0.2) is 42.3 Å². The molecule has 3 N–H and O–H groups in total. The van der Waals surface area contributed by atoms with Crippen LogP contribution in [0.1, 0.15) is 18.4 Å². The van der Waals surface area contributed by atoms with E-state index in [4.69, 9.17) is 4.74 Å². The zero-order valence-corrected chi connectivity index (χ0v) is 13.0. The minimum Gasteiger partial charge on any atom is -0.394 e. The third kappa shape index (κ3) is 4.91. The fourth-order valence-corrected chi connectivity index (χ4v) is 2.51. The van der Waals surface area contributed by atoms with Crippen LogP contribution in [0.15, 0.2) is 36.9 Å². The minimum absolute atomic E-state index is 0.0887. The lowest BCUT2D eigenvalue weighted by Gasteiger charge is -2.36. The fourth-order valence-electron chi connectivity index (χ4n) is 2.51. The maximum absolute atomic E-state index is 12.2. The van der Waals surface area contributed by atoms with E-state index in [0.29, 0.717) is 31.7 Å². The van der Waals surface area contributed by atoms with Gasteiger partial charge in [-0.1, -0.05) is 18.7 Å². The van der Waals surface area contributed by atoms with E-state index in [1.165, 1.54) is 6.08 Å². The van der Waals surface area contributed by atoms with Gasteiger partial charge >= 0.3 is 0 Å². The Morgan fingerprint density at radius 2 is 1.91 bits per heavy atom. The van der Waals surface area contributed by atoms with E-state index in [1.807, 2.05) is 0 Å². The van der Waals surface area contributed by atoms with Crippen LogP contribution in [0.5, 0.6) is 0 Å². The Balaban J connectivity index is 1.92. The Morgan fingerprint density at radius 3 is 2.48 bits per heavy atom. The third-order valence-corrected chi connectivity index (χ3v) is 3.93. The third-order valence-electron chi connectivity index (χ3n) is 3.93. The highest BCUT2D eigenvalue weighted by Crippen LogP contribution is 2.20. The molecule has 2 amide bonds. The molecule has 1 fully saturated rings. The number of aliphatic hydroxyl groups excluding tert-OH is 1. The van der Waals surface area contributed by atoms with Gasteiger partial charge in [0, 0.05) is 18.9 Å². The second-order valence-corrected chi connectivity index (χ2v) is 5.67. The molecule has 0 atom stereocenters. The Morgan fingerprint density at radius 1 is 1.26 bits per heavy atom. The number of hydrogen-bond donors (Lipinski definition) is 3. The zero-order chi connectivity index (χ0) is 16.7. The molecule has 6 heteroatoms. The number of amides is 2. The van der Waals surface area contributed by atoms with E-state index < -0.39 is 5.54 Å². The van der Waals surface area contributed by atoms with Gasteiger partial charge in [-0.05, 0) is 36.6 Å². The molecule has 0 bridgehead atoms. The number of rotatable bonds is 6. The van der Waals surface area contributed by atoms with Crippen LogP contribution < -0.4 is 10.6 Å². The summed E-state index contributed by atoms with van der Waals surface area (Å²) in [5.41, 5.74) is 0.905. The SMILES string of the molecule is C=CC(=O)Nc1ccc(CC(=O)NC2(CO)CCOCC2)cc1. The maximum Gasteiger partial charge on any atom is 0.247 e. The van der Waals surface area contributed by atoms with Crippen molar-refractivity contribution in [1.29, 1.82) is 0 Å². The van der Waals surface area contributed by atoms with Crippen molar-refractivity contribution in [2.24, 2.45) is 0 Å². The van der Waals surface area contributed by atoms with Gasteiger partial charge in [0.15, 0.2) is 0 Å². The summed E-state index contributed by atoms with van der Waals surface area (Å²) in [6, 6.07) is 7.04. The number of benzene rings is 1. The predicted molar refractivity (Wildman–Crippen MR) is 87.0 cm³/mol. The first-order valence-corrected chi connectivity index (χ1v) is 7.59. The molecule has 0 saturated carbocycles. The van der Waals surface area contributed by atoms with Gasteiger partial charge in [0.25, 0.3) is 0 Å². The van der Waals surface area contributed by atoms with E-state index in [9.17, 15) is 14.7 Å². The van der Waals surface area contributed by atoms with Gasteiger partial charge in [0.05, 0.1) is 18.6 Å². The second kappa shape index (κ2) is 7.89. The topological polar surface area (TPSA) is 87.7 Å². The summed E-state index contributed by atoms with van der Waals surface area (Å²) >= 11 is 0. The van der Waals surface area contributed by atoms with Gasteiger partial charge in [-0.25, -0.2) is 0 Å². The number of aliphatic hydroxyl groups is 1. The molecule has 1 saturated heterocycles. The maximum atomic E-state index is 12.2. The van der Waals surface area contributed by atoms with Crippen LogP contribution in [0.25, 0.3) is 0 Å². The summed E-state index contributed by atoms with van der Waals surface area (Å²) in [6.45, 7) is 4.38. The van der Waals surface area contributed by atoms with E-state index in [0.717, 1.165) is 5.56 Å². The van der Waals surface area contributed by atoms with Gasteiger partial charge < -0.3 is 20.5 Å². The molecule has 2 rings (SSSR count). The van der Waals surface area contributed by atoms with Crippen LogP contribution in [-0.2, 0) is 20.7 Å². The fraction of sp³-hybridized carbons (Fsp3) is 0.412. The van der Waals surface area contributed by atoms with Crippen molar-refractivity contribution in [3.8, 4) is 0 Å². The van der Waals surface area contributed by atoms with E-state index >= 15 is 0 Å². The average molecular weight is 318 g/mol. The summed E-state index contributed by atoms with van der Waals surface area (Å²) < 4.78 is 5.28. The Bertz CT molecular complexity index is 562. The van der Waals surface area contributed by atoms with Gasteiger partial charge in [-0.3, -0.25) is 9.59 Å². The van der Waals surface area contributed by atoms with Gasteiger partial charge in [-0.2, -0.15) is 0 Å². The summed E-state index contributed by atoms with van der Waals surface area (Å²) in [5, 5.41) is 15.2. The van der Waals surface area contributed by atoms with Crippen LogP contribution in [0.4, 0.5) is 5.69 Å². The number of ether oxygens (including phenoxy) is 1. The summed E-state index contributed by atoms with van der Waals surface area (Å²) in [5.74, 6) is -0.413. The van der Waals surface area contributed by atoms with Crippen LogP contribution in [0.2, 0.25) is 0 Å². The molecule has 1 aliphatic rings. The van der Waals surface area contributed by atoms with Crippen molar-refractivity contribution in [2.75, 3.05) is 25.1 Å². The number of nitrogens with one attached hydrogen (secondary N) is 2. The highest BCUT2D eigenvalue weighted by Gasteiger charge is 2.33. The quantitative estimate of drug-likeness (QED) is 0.683. The van der Waals surface area contributed by atoms with Crippen LogP contribution >= 0.6 is 0 Å². The molecular weight excluding hydrogens is 296 g/mol. The molecule has 1 aromatic carbocycles. The predicted octanol–water partition coefficient (Wildman–Crippen LogP) is 1.01. The Labute approximate surface area is 135 Å². The average Bonchev–Trinajstić information content (AvgIpc) is 2.57. The second-order valence-electron chi connectivity index (χ2n) is 5.67. The van der Waals surface area contributed by atoms with E-state index in [2.05, 4.69) is 17.2 Å². The zero-order valence-electron chi connectivity index (χ0n) is 13.0. The molecule has 0 spiro atoms. The summed E-state index contributed by atoms with van der Waals surface area (Å²) in [6.07, 6.45) is 2.64. The molecule has 0 aliphatic carbocycles. The van der Waals surface area contributed by atoms with Crippen molar-refractivity contribution < 1.29 is 19.4 Å². The largest absolute Gasteiger partial charge is 0.394 e. The Hall–Kier alpha value is -2.18. The highest BCUT2D eigenvalue weighted by atomic mass is 16.5. The molecule has 0 radical (unpaired) electrons. The number of carbonyl (C=O) groups is 2. The minimum atomic E-state index is -0.576. The van der Waals surface area contributed by atoms with Crippen molar-refractivity contribution in [3.05, 3.63) is 42.5 Å². The molecule has 23 heavy (non-hydrogen) atoms. The lowest BCUT2D eigenvalue weighted by Crippen LogP contribution is -2.55. The molecule has 1 heterocycles. The first-order chi connectivity index (χ1) is 11.1. The summed E-state index contributed by atoms with van der Waals surface area (Å²) in [7, 11) is 0. The van der Waals surface area contributed by atoms with Gasteiger partial charge in [0.1, 0.15) is 0 Å². The van der Waals surface area contributed by atoms with Crippen molar-refractivity contribution in [3.63, 3.8) is 0 Å². The number of anilines is 1. The van der Waals surface area contributed by atoms with Gasteiger partial charge in [-0.15, -0.1) is 0 Å². The van der Waals surface area contributed by atoms with Crippen molar-refractivity contribution in [1.82, 2.24) is 5.32 Å². The molecule has 0 unspecified atom stereocenters. The van der Waals surface area contributed by atoms with Gasteiger partial charge in [0.2, 0.25) is 11.8 Å². The first-order valence-electron chi connectivity index (χ1n) is 7.59. The molecular formula is C17H22N2O4. The van der Waals surface area contributed by atoms with Crippen LogP contribution in [0.3, 0.4) is 0 Å². The number of hydrogen-bond acceptors (Lipinski definition) is 4. The molecule has 6 nitrogen and oxygen atoms in total. The van der Waals surface area contributed by atoms with E-state index in [1.54, 1.807) is 24.3 Å². The standard InChI is InChI=1S/C17H22N2O4/c1-2-15(21)18-14-5-3-13(4-6-14)11-16(22)19-17(12-20)7-9-23-10-8-17/h2-6,20H,1,7-12H2,(H,18,21)(H,19,22). The summed E-state index contributed by atoms with van der Waals surface area (Å²) in [4.78, 5) is 23.4. The smallest absolute Gasteiger partial charge is 0.247 e. The van der Waals surface area contributed by atoms with Crippen LogP contribution in [0, 0.1) is 0 Å². The molecule has 0 aromatic heterocycles. The van der Waals surface area contributed by atoms with E-state index in [-0.39, 0.29) is 24.8 Å². The highest BCUT2D eigenvalue weighted by molar-refractivity contribution is 5.98. The first kappa shape index (κ1) is 17.2. The van der Waals surface area contributed by atoms with Crippen molar-refractivity contribution in [2.45, 2.75) is 24.8 Å².